The van der Waals surface area contributed by atoms with E-state index in [1.54, 1.807) is 26.2 Å². The van der Waals surface area contributed by atoms with Crippen LogP contribution >= 0.6 is 23.5 Å². The molecule has 0 fully saturated rings. The molecule has 0 radical (unpaired) electrons. The average Bonchev–Trinajstić information content (AvgIpc) is 3.46. The first-order valence-electron chi connectivity index (χ1n) is 14.8. The number of hydrogen-bond acceptors (Lipinski definition) is 6. The Morgan fingerprint density at radius 1 is 0.733 bits per heavy atom. The largest absolute Gasteiger partial charge is 0.497 e. The standard InChI is InChI=1S/C37H34ClN3O3S/c1-4-35-36(41-21-7-12-34(38)37(41)39-35)28-8-5-9-31(22-28)44-32-10-6-11-33(23-32)45-40(24-26-13-17-29(42-2)18-14-26)25-27-15-19-30(43-3)20-16-27/h5-23H,4,24-25H2,1-3H3. The van der Waals surface area contributed by atoms with Crippen molar-refractivity contribution >= 4 is 29.2 Å². The maximum Gasteiger partial charge on any atom is 0.156 e. The maximum absolute atomic E-state index is 6.47. The third-order valence-electron chi connectivity index (χ3n) is 7.43. The van der Waals surface area contributed by atoms with Gasteiger partial charge in [-0.05, 0) is 96.2 Å². The Hall–Kier alpha value is -4.43. The number of hydrogen-bond donors (Lipinski definition) is 0. The molecule has 0 unspecified atom stereocenters. The van der Waals surface area contributed by atoms with Crippen molar-refractivity contribution in [3.05, 3.63) is 137 Å². The van der Waals surface area contributed by atoms with Gasteiger partial charge in [-0.3, -0.25) is 4.40 Å². The monoisotopic (exact) mass is 635 g/mol. The Balaban J connectivity index is 1.23. The SMILES string of the molecule is CCc1nc2c(Cl)cccn2c1-c1cccc(Oc2cccc(SN(Cc3ccc(OC)cc3)Cc3ccc(OC)cc3)c2)c1. The van der Waals surface area contributed by atoms with Crippen molar-refractivity contribution in [1.82, 2.24) is 13.7 Å². The number of nitrogens with zero attached hydrogens (tertiary/aromatic N) is 3. The second kappa shape index (κ2) is 14.1. The lowest BCUT2D eigenvalue weighted by Gasteiger charge is -2.22. The van der Waals surface area contributed by atoms with Crippen LogP contribution in [0.15, 0.2) is 120 Å². The lowest BCUT2D eigenvalue weighted by atomic mass is 10.1. The Morgan fingerprint density at radius 3 is 1.98 bits per heavy atom. The quantitative estimate of drug-likeness (QED) is 0.125. The van der Waals surface area contributed by atoms with Gasteiger partial charge in [0.25, 0.3) is 0 Å². The molecule has 2 heterocycles. The summed E-state index contributed by atoms with van der Waals surface area (Å²) in [6, 6.07) is 36.6. The van der Waals surface area contributed by atoms with E-state index in [0.29, 0.717) is 5.02 Å². The number of rotatable bonds is 12. The molecule has 6 rings (SSSR count). The molecule has 0 N–H and O–H groups in total. The van der Waals surface area contributed by atoms with E-state index in [1.807, 2.05) is 66.9 Å². The van der Waals surface area contributed by atoms with E-state index in [-0.39, 0.29) is 0 Å². The van der Waals surface area contributed by atoms with Gasteiger partial charge in [-0.15, -0.1) is 0 Å². The highest BCUT2D eigenvalue weighted by atomic mass is 35.5. The number of fused-ring (bicyclic) bond motifs is 1. The molecule has 0 atom stereocenters. The van der Waals surface area contributed by atoms with E-state index in [2.05, 4.69) is 64.2 Å². The number of ether oxygens (including phenoxy) is 3. The van der Waals surface area contributed by atoms with Gasteiger partial charge >= 0.3 is 0 Å². The van der Waals surface area contributed by atoms with Crippen molar-refractivity contribution < 1.29 is 14.2 Å². The second-order valence-electron chi connectivity index (χ2n) is 10.5. The molecule has 0 amide bonds. The van der Waals surface area contributed by atoms with E-state index in [0.717, 1.165) is 70.0 Å². The fourth-order valence-electron chi connectivity index (χ4n) is 5.21. The van der Waals surface area contributed by atoms with Crippen LogP contribution in [-0.2, 0) is 19.5 Å². The van der Waals surface area contributed by atoms with Gasteiger partial charge in [0.1, 0.15) is 23.0 Å². The van der Waals surface area contributed by atoms with Crippen molar-refractivity contribution in [3.8, 4) is 34.3 Å². The summed E-state index contributed by atoms with van der Waals surface area (Å²) in [4.78, 5) is 5.89. The predicted molar refractivity (Wildman–Crippen MR) is 183 cm³/mol. The van der Waals surface area contributed by atoms with Crippen LogP contribution in [0, 0.1) is 0 Å². The lowest BCUT2D eigenvalue weighted by molar-refractivity contribution is 0.413. The van der Waals surface area contributed by atoms with Crippen molar-refractivity contribution in [2.75, 3.05) is 14.2 Å². The van der Waals surface area contributed by atoms with Crippen LogP contribution in [0.25, 0.3) is 16.9 Å². The lowest BCUT2D eigenvalue weighted by Crippen LogP contribution is -2.15. The Morgan fingerprint density at radius 2 is 1.36 bits per heavy atom. The zero-order chi connectivity index (χ0) is 31.2. The van der Waals surface area contributed by atoms with Gasteiger partial charge in [0.15, 0.2) is 5.65 Å². The van der Waals surface area contributed by atoms with Gasteiger partial charge in [0.05, 0.1) is 30.6 Å². The first kappa shape index (κ1) is 30.6. The van der Waals surface area contributed by atoms with Crippen molar-refractivity contribution in [2.45, 2.75) is 31.3 Å². The summed E-state index contributed by atoms with van der Waals surface area (Å²) in [5.74, 6) is 3.21. The first-order valence-corrected chi connectivity index (χ1v) is 15.9. The highest BCUT2D eigenvalue weighted by Gasteiger charge is 2.16. The van der Waals surface area contributed by atoms with Crippen molar-refractivity contribution in [3.63, 3.8) is 0 Å². The molecule has 8 heteroatoms. The summed E-state index contributed by atoms with van der Waals surface area (Å²) in [5, 5.41) is 0.633. The molecule has 0 spiro atoms. The topological polar surface area (TPSA) is 48.2 Å². The number of methoxy groups -OCH3 is 2. The summed E-state index contributed by atoms with van der Waals surface area (Å²) in [5.41, 5.74) is 6.19. The van der Waals surface area contributed by atoms with E-state index >= 15 is 0 Å². The average molecular weight is 636 g/mol. The molecule has 0 saturated carbocycles. The molecule has 0 bridgehead atoms. The smallest absolute Gasteiger partial charge is 0.156 e. The van der Waals surface area contributed by atoms with Gasteiger partial charge in [0, 0.05) is 29.7 Å². The summed E-state index contributed by atoms with van der Waals surface area (Å²) >= 11 is 8.17. The Labute approximate surface area is 273 Å². The normalized spacial score (nSPS) is 11.2. The van der Waals surface area contributed by atoms with Crippen LogP contribution in [0.4, 0.5) is 0 Å². The maximum atomic E-state index is 6.47. The van der Waals surface area contributed by atoms with Crippen LogP contribution < -0.4 is 14.2 Å². The molecular weight excluding hydrogens is 602 g/mol. The van der Waals surface area contributed by atoms with Crippen LogP contribution in [0.1, 0.15) is 23.7 Å². The molecule has 6 nitrogen and oxygen atoms in total. The van der Waals surface area contributed by atoms with Gasteiger partial charge in [-0.1, -0.05) is 61.0 Å². The van der Waals surface area contributed by atoms with Gasteiger partial charge in [-0.2, -0.15) is 0 Å². The van der Waals surface area contributed by atoms with Crippen molar-refractivity contribution in [2.24, 2.45) is 0 Å². The summed E-state index contributed by atoms with van der Waals surface area (Å²) < 4.78 is 21.5. The number of imidazole rings is 1. The molecule has 4 aromatic carbocycles. The molecule has 0 aliphatic carbocycles. The highest BCUT2D eigenvalue weighted by molar-refractivity contribution is 7.97. The summed E-state index contributed by atoms with van der Waals surface area (Å²) in [6.07, 6.45) is 2.79. The molecule has 6 aromatic rings. The minimum Gasteiger partial charge on any atom is -0.497 e. The Bertz CT molecular complexity index is 1840. The number of halogens is 1. The number of pyridine rings is 1. The van der Waals surface area contributed by atoms with Crippen LogP contribution in [0.3, 0.4) is 0 Å². The number of aryl methyl sites for hydroxylation is 1. The van der Waals surface area contributed by atoms with Crippen LogP contribution in [-0.4, -0.2) is 27.9 Å². The molecule has 0 aliphatic heterocycles. The number of aromatic nitrogens is 2. The van der Waals surface area contributed by atoms with E-state index in [9.17, 15) is 0 Å². The molecule has 2 aromatic heterocycles. The fraction of sp³-hybridized carbons (Fsp3) is 0.162. The zero-order valence-corrected chi connectivity index (χ0v) is 27.0. The van der Waals surface area contributed by atoms with Gasteiger partial charge < -0.3 is 14.2 Å². The van der Waals surface area contributed by atoms with Crippen LogP contribution in [0.2, 0.25) is 5.02 Å². The van der Waals surface area contributed by atoms with Gasteiger partial charge in [-0.25, -0.2) is 9.29 Å². The third-order valence-corrected chi connectivity index (χ3v) is 8.70. The van der Waals surface area contributed by atoms with Crippen molar-refractivity contribution in [1.29, 1.82) is 0 Å². The highest BCUT2D eigenvalue weighted by Crippen LogP contribution is 2.34. The first-order chi connectivity index (χ1) is 22.0. The minimum atomic E-state index is 0.633. The second-order valence-corrected chi connectivity index (χ2v) is 12.1. The predicted octanol–water partition coefficient (Wildman–Crippen LogP) is 9.74. The van der Waals surface area contributed by atoms with Crippen LogP contribution in [0.5, 0.6) is 23.0 Å². The molecule has 45 heavy (non-hydrogen) atoms. The van der Waals surface area contributed by atoms with E-state index in [1.165, 1.54) is 11.1 Å². The summed E-state index contributed by atoms with van der Waals surface area (Å²) in [7, 11) is 3.37. The fourth-order valence-corrected chi connectivity index (χ4v) is 6.45. The Kier molecular flexibility index (Phi) is 9.60. The van der Waals surface area contributed by atoms with Gasteiger partial charge in [0.2, 0.25) is 0 Å². The zero-order valence-electron chi connectivity index (χ0n) is 25.4. The molecule has 0 aliphatic rings. The molecule has 228 valence electrons. The molecule has 0 saturated heterocycles. The van der Waals surface area contributed by atoms with E-state index in [4.69, 9.17) is 30.8 Å². The van der Waals surface area contributed by atoms with E-state index < -0.39 is 0 Å². The third kappa shape index (κ3) is 7.28. The minimum absolute atomic E-state index is 0.633. The number of benzene rings is 4. The molecular formula is C37H34ClN3O3S. The summed E-state index contributed by atoms with van der Waals surface area (Å²) in [6.45, 7) is 3.60.